The van der Waals surface area contributed by atoms with E-state index in [-0.39, 0.29) is 22.3 Å². The Balaban J connectivity index is 1.38. The first-order valence-corrected chi connectivity index (χ1v) is 12.0. The highest BCUT2D eigenvalue weighted by Crippen LogP contribution is 2.39. The molecule has 0 spiro atoms. The number of pyridine rings is 1. The summed E-state index contributed by atoms with van der Waals surface area (Å²) in [6.45, 7) is -1.28. The molecule has 10 nitrogen and oxygen atoms in total. The van der Waals surface area contributed by atoms with Crippen molar-refractivity contribution in [3.05, 3.63) is 47.9 Å². The molecule has 0 saturated heterocycles. The van der Waals surface area contributed by atoms with E-state index in [2.05, 4.69) is 30.5 Å². The first kappa shape index (κ1) is 23.9. The second kappa shape index (κ2) is 9.68. The predicted molar refractivity (Wildman–Crippen MR) is 128 cm³/mol. The number of nitrogens with one attached hydrogen (secondary N) is 1. The van der Waals surface area contributed by atoms with Crippen molar-refractivity contribution in [1.29, 1.82) is 0 Å². The summed E-state index contributed by atoms with van der Waals surface area (Å²) >= 11 is 1.06. The van der Waals surface area contributed by atoms with Gasteiger partial charge in [-0.05, 0) is 18.9 Å². The number of thiazole rings is 1. The van der Waals surface area contributed by atoms with Gasteiger partial charge in [-0.15, -0.1) is 21.5 Å². The highest BCUT2D eigenvalue weighted by molar-refractivity contribution is 7.13. The van der Waals surface area contributed by atoms with Crippen LogP contribution in [-0.2, 0) is 0 Å². The molecule has 1 amide bonds. The largest absolute Gasteiger partial charge is 0.375 e. The zero-order chi connectivity index (χ0) is 25.4. The zero-order valence-electron chi connectivity index (χ0n) is 19.3. The highest BCUT2D eigenvalue weighted by atomic mass is 32.1. The van der Waals surface area contributed by atoms with E-state index in [1.807, 2.05) is 29.8 Å². The molecule has 0 radical (unpaired) electrons. The molecule has 4 aromatic heterocycles. The van der Waals surface area contributed by atoms with Gasteiger partial charge in [0.25, 0.3) is 12.3 Å². The molecule has 1 unspecified atom stereocenters. The summed E-state index contributed by atoms with van der Waals surface area (Å²) in [5, 5.41) is 11.8. The van der Waals surface area contributed by atoms with Crippen LogP contribution in [-0.4, -0.2) is 67.4 Å². The van der Waals surface area contributed by atoms with Crippen molar-refractivity contribution < 1.29 is 18.0 Å². The van der Waals surface area contributed by atoms with Gasteiger partial charge in [0.2, 0.25) is 0 Å². The number of amides is 1. The molecule has 188 valence electrons. The monoisotopic (exact) mass is 517 g/mol. The molecule has 36 heavy (non-hydrogen) atoms. The number of alkyl halides is 3. The van der Waals surface area contributed by atoms with Gasteiger partial charge in [0.05, 0.1) is 29.6 Å². The molecular weight excluding hydrogens is 495 g/mol. The first-order chi connectivity index (χ1) is 17.4. The summed E-state index contributed by atoms with van der Waals surface area (Å²) in [4.78, 5) is 27.9. The Morgan fingerprint density at radius 3 is 2.78 bits per heavy atom. The van der Waals surface area contributed by atoms with Crippen LogP contribution >= 0.6 is 11.3 Å². The zero-order valence-corrected chi connectivity index (χ0v) is 20.2. The first-order valence-electron chi connectivity index (χ1n) is 11.1. The summed E-state index contributed by atoms with van der Waals surface area (Å²) < 4.78 is 42.4. The van der Waals surface area contributed by atoms with Crippen molar-refractivity contribution in [1.82, 2.24) is 34.3 Å². The fraction of sp³-hybridized carbons (Fsp3) is 0.364. The molecule has 1 aliphatic carbocycles. The van der Waals surface area contributed by atoms with Crippen LogP contribution in [0.15, 0.2) is 36.5 Å². The second-order valence-corrected chi connectivity index (χ2v) is 9.40. The van der Waals surface area contributed by atoms with Gasteiger partial charge in [0.1, 0.15) is 30.6 Å². The lowest BCUT2D eigenvalue weighted by Crippen LogP contribution is -2.19. The van der Waals surface area contributed by atoms with Crippen molar-refractivity contribution in [3.63, 3.8) is 0 Å². The minimum absolute atomic E-state index is 0.00855. The minimum Gasteiger partial charge on any atom is -0.375 e. The molecule has 4 aromatic rings. The number of carbonyl (C=O) groups excluding carboxylic acids is 1. The molecule has 5 rings (SSSR count). The lowest BCUT2D eigenvalue weighted by molar-refractivity contribution is 0.0691. The third-order valence-corrected chi connectivity index (χ3v) is 6.61. The smallest absolute Gasteiger partial charge is 0.275 e. The van der Waals surface area contributed by atoms with Gasteiger partial charge >= 0.3 is 0 Å². The van der Waals surface area contributed by atoms with Crippen LogP contribution in [0.1, 0.15) is 41.0 Å². The average Bonchev–Trinajstić information content (AvgIpc) is 3.23. The van der Waals surface area contributed by atoms with Gasteiger partial charge in [0, 0.05) is 31.6 Å². The molecule has 0 aliphatic heterocycles. The van der Waals surface area contributed by atoms with E-state index in [1.54, 1.807) is 18.6 Å². The Labute approximate surface area is 207 Å². The van der Waals surface area contributed by atoms with Gasteiger partial charge in [-0.1, -0.05) is 0 Å². The van der Waals surface area contributed by atoms with Crippen LogP contribution in [0.3, 0.4) is 0 Å². The Morgan fingerprint density at radius 1 is 1.28 bits per heavy atom. The molecule has 1 saturated carbocycles. The number of rotatable bonds is 9. The van der Waals surface area contributed by atoms with E-state index in [0.29, 0.717) is 5.92 Å². The lowest BCUT2D eigenvalue weighted by Gasteiger charge is -2.18. The van der Waals surface area contributed by atoms with E-state index in [0.717, 1.165) is 52.1 Å². The predicted octanol–water partition coefficient (Wildman–Crippen LogP) is 3.95. The lowest BCUT2D eigenvalue weighted by atomic mass is 10.2. The Bertz CT molecular complexity index is 1380. The fourth-order valence-electron chi connectivity index (χ4n) is 3.69. The maximum atomic E-state index is 13.2. The number of hydrogen-bond acceptors (Lipinski definition) is 8. The van der Waals surface area contributed by atoms with Gasteiger partial charge in [-0.3, -0.25) is 9.36 Å². The van der Waals surface area contributed by atoms with E-state index >= 15 is 0 Å². The maximum Gasteiger partial charge on any atom is 0.275 e. The summed E-state index contributed by atoms with van der Waals surface area (Å²) in [5.74, 6) is 0.161. The van der Waals surface area contributed by atoms with Gasteiger partial charge in [-0.2, -0.15) is 0 Å². The minimum atomic E-state index is -2.94. The van der Waals surface area contributed by atoms with Crippen LogP contribution in [0.4, 0.5) is 24.7 Å². The molecule has 1 fully saturated rings. The van der Waals surface area contributed by atoms with Gasteiger partial charge in [-0.25, -0.2) is 28.1 Å². The number of halogens is 3. The van der Waals surface area contributed by atoms with Crippen molar-refractivity contribution >= 4 is 28.7 Å². The van der Waals surface area contributed by atoms with Crippen molar-refractivity contribution in [3.8, 4) is 16.5 Å². The standard InChI is InChI=1S/C22H22F3N9OS/c1-32(2)17-7-26-13(5-15(17)33-8-14(27-10-33)12-3-4-12)21(35)29-18-9-36-22(30-18)20-31-28-11-34(20)16(6-23)19(24)25/h5,7-12,16,19H,3-4,6H2,1-2H3,(H,29,35). The molecular formula is C22H22F3N9OS. The van der Waals surface area contributed by atoms with E-state index in [4.69, 9.17) is 0 Å². The molecule has 1 atom stereocenters. The third kappa shape index (κ3) is 4.67. The maximum absolute atomic E-state index is 13.2. The SMILES string of the molecule is CN(C)c1cnc(C(=O)Nc2csc(-c3nncn3C(CF)C(F)F)n2)cc1-n1cnc(C2CC2)c1. The van der Waals surface area contributed by atoms with Crippen molar-refractivity contribution in [2.45, 2.75) is 31.2 Å². The van der Waals surface area contributed by atoms with E-state index < -0.39 is 25.0 Å². The normalized spacial score (nSPS) is 14.3. The Hall–Kier alpha value is -3.81. The summed E-state index contributed by atoms with van der Waals surface area (Å²) in [5.41, 5.74) is 2.73. The number of carbonyl (C=O) groups is 1. The Morgan fingerprint density at radius 2 is 2.08 bits per heavy atom. The van der Waals surface area contributed by atoms with E-state index in [1.165, 1.54) is 5.38 Å². The average molecular weight is 518 g/mol. The number of hydrogen-bond donors (Lipinski definition) is 1. The number of nitrogens with zero attached hydrogens (tertiary/aromatic N) is 8. The summed E-state index contributed by atoms with van der Waals surface area (Å²) in [7, 11) is 3.77. The van der Waals surface area contributed by atoms with E-state index in [9.17, 15) is 18.0 Å². The van der Waals surface area contributed by atoms with Crippen LogP contribution in [0.5, 0.6) is 0 Å². The molecule has 0 aromatic carbocycles. The van der Waals surface area contributed by atoms with Crippen LogP contribution in [0.25, 0.3) is 16.5 Å². The second-order valence-electron chi connectivity index (χ2n) is 8.54. The highest BCUT2D eigenvalue weighted by Gasteiger charge is 2.28. The Kier molecular flexibility index (Phi) is 6.43. The molecule has 14 heteroatoms. The molecule has 0 bridgehead atoms. The van der Waals surface area contributed by atoms with Crippen molar-refractivity contribution in [2.24, 2.45) is 0 Å². The third-order valence-electron chi connectivity index (χ3n) is 5.77. The van der Waals surface area contributed by atoms with Crippen molar-refractivity contribution in [2.75, 3.05) is 31.0 Å². The summed E-state index contributed by atoms with van der Waals surface area (Å²) in [6, 6.07) is -0.0557. The number of anilines is 2. The molecule has 1 aliphatic rings. The van der Waals surface area contributed by atoms with Gasteiger partial charge < -0.3 is 14.8 Å². The molecule has 4 heterocycles. The van der Waals surface area contributed by atoms with Crippen LogP contribution < -0.4 is 10.2 Å². The topological polar surface area (TPSA) is 107 Å². The fourth-order valence-corrected chi connectivity index (χ4v) is 4.43. The quantitative estimate of drug-likeness (QED) is 0.358. The number of aromatic nitrogens is 7. The molecule has 1 N–H and O–H groups in total. The van der Waals surface area contributed by atoms with Crippen LogP contribution in [0.2, 0.25) is 0 Å². The summed E-state index contributed by atoms with van der Waals surface area (Å²) in [6.07, 6.45) is 5.66. The van der Waals surface area contributed by atoms with Crippen LogP contribution in [0, 0.1) is 0 Å². The van der Waals surface area contributed by atoms with Gasteiger partial charge in [0.15, 0.2) is 10.8 Å². The number of imidazole rings is 1.